The molecule has 4 aromatic rings. The van der Waals surface area contributed by atoms with Crippen molar-refractivity contribution in [2.45, 2.75) is 18.9 Å². The largest absolute Gasteiger partial charge is 0.497 e. The number of nitrogens with zero attached hydrogens (tertiary/aromatic N) is 2. The first-order chi connectivity index (χ1) is 17.7. The van der Waals surface area contributed by atoms with Crippen molar-refractivity contribution in [3.63, 3.8) is 0 Å². The summed E-state index contributed by atoms with van der Waals surface area (Å²) in [6.07, 6.45) is 2.62. The highest BCUT2D eigenvalue weighted by atomic mass is 16.5. The lowest BCUT2D eigenvalue weighted by molar-refractivity contribution is -0.135. The fraction of sp³-hybridized carbons (Fsp3) is 0.300. The van der Waals surface area contributed by atoms with Gasteiger partial charge in [0.05, 0.1) is 27.4 Å². The van der Waals surface area contributed by atoms with Gasteiger partial charge >= 0.3 is 0 Å². The Morgan fingerprint density at radius 1 is 0.889 bits per heavy atom. The molecule has 6 heteroatoms. The first kappa shape index (κ1) is 23.9. The van der Waals surface area contributed by atoms with E-state index in [1.807, 2.05) is 29.2 Å². The van der Waals surface area contributed by atoms with Crippen LogP contribution in [0.25, 0.3) is 10.9 Å². The van der Waals surface area contributed by atoms with Gasteiger partial charge in [-0.3, -0.25) is 4.79 Å². The number of hydrogen-bond donors (Lipinski definition) is 0. The summed E-state index contributed by atoms with van der Waals surface area (Å²) < 4.78 is 18.4. The summed E-state index contributed by atoms with van der Waals surface area (Å²) in [7, 11) is 3.35. The lowest BCUT2D eigenvalue weighted by Gasteiger charge is -2.28. The van der Waals surface area contributed by atoms with E-state index >= 15 is 0 Å². The van der Waals surface area contributed by atoms with E-state index in [2.05, 4.69) is 59.3 Å². The molecule has 1 amide bonds. The zero-order valence-corrected chi connectivity index (χ0v) is 20.9. The lowest BCUT2D eigenvalue weighted by atomic mass is 9.87. The molecule has 2 heterocycles. The van der Waals surface area contributed by atoms with Crippen molar-refractivity contribution >= 4 is 16.8 Å². The number of carbonyl (C=O) groups excluding carboxylic acids is 1. The fourth-order valence-corrected chi connectivity index (χ4v) is 4.97. The maximum Gasteiger partial charge on any atom is 0.223 e. The van der Waals surface area contributed by atoms with Gasteiger partial charge < -0.3 is 23.7 Å². The molecule has 0 spiro atoms. The summed E-state index contributed by atoms with van der Waals surface area (Å²) in [5.41, 5.74) is 4.60. The average Bonchev–Trinajstić information content (AvgIpc) is 3.30. The van der Waals surface area contributed by atoms with Crippen LogP contribution in [0.2, 0.25) is 0 Å². The lowest BCUT2D eigenvalue weighted by Crippen LogP contribution is -2.41. The number of benzene rings is 3. The first-order valence-electron chi connectivity index (χ1n) is 12.4. The Morgan fingerprint density at radius 2 is 1.53 bits per heavy atom. The van der Waals surface area contributed by atoms with Crippen LogP contribution in [-0.4, -0.2) is 55.9 Å². The van der Waals surface area contributed by atoms with Gasteiger partial charge in [-0.15, -0.1) is 0 Å². The third-order valence-electron chi connectivity index (χ3n) is 6.97. The molecule has 5 rings (SSSR count). The van der Waals surface area contributed by atoms with Gasteiger partial charge in [0.1, 0.15) is 11.5 Å². The van der Waals surface area contributed by atoms with Crippen molar-refractivity contribution in [1.82, 2.24) is 9.47 Å². The van der Waals surface area contributed by atoms with E-state index < -0.39 is 0 Å². The first-order valence-corrected chi connectivity index (χ1v) is 12.4. The van der Waals surface area contributed by atoms with Gasteiger partial charge in [0, 0.05) is 49.1 Å². The molecule has 0 aliphatic carbocycles. The molecule has 0 N–H and O–H groups in total. The Bertz CT molecular complexity index is 1310. The number of aromatic nitrogens is 1. The number of morpholine rings is 1. The van der Waals surface area contributed by atoms with Gasteiger partial charge in [-0.25, -0.2) is 0 Å². The summed E-state index contributed by atoms with van der Waals surface area (Å²) in [5, 5.41) is 1.17. The summed E-state index contributed by atoms with van der Waals surface area (Å²) in [5.74, 6) is 1.73. The summed E-state index contributed by atoms with van der Waals surface area (Å²) >= 11 is 0. The Labute approximate surface area is 212 Å². The molecule has 1 aliphatic heterocycles. The number of methoxy groups -OCH3 is 2. The van der Waals surface area contributed by atoms with Crippen LogP contribution in [-0.2, 0) is 16.1 Å². The van der Waals surface area contributed by atoms with Gasteiger partial charge in [-0.1, -0.05) is 42.5 Å². The molecule has 0 saturated carbocycles. The number of amides is 1. The predicted octanol–water partition coefficient (Wildman–Crippen LogP) is 5.09. The maximum absolute atomic E-state index is 13.4. The normalized spacial score (nSPS) is 14.6. The molecule has 1 aromatic heterocycles. The molecule has 3 aromatic carbocycles. The molecule has 1 atom stereocenters. The molecular formula is C30H32N2O4. The molecule has 1 aliphatic rings. The quantitative estimate of drug-likeness (QED) is 0.350. The van der Waals surface area contributed by atoms with Crippen LogP contribution in [0.5, 0.6) is 11.5 Å². The van der Waals surface area contributed by atoms with E-state index in [9.17, 15) is 4.79 Å². The molecule has 6 nitrogen and oxygen atoms in total. The van der Waals surface area contributed by atoms with E-state index in [-0.39, 0.29) is 11.8 Å². The van der Waals surface area contributed by atoms with Crippen molar-refractivity contribution in [3.8, 4) is 11.5 Å². The minimum absolute atomic E-state index is 0.0757. The Hall–Kier alpha value is -3.77. The smallest absolute Gasteiger partial charge is 0.223 e. The summed E-state index contributed by atoms with van der Waals surface area (Å²) in [4.78, 5) is 15.3. The number of carbonyl (C=O) groups is 1. The standard InChI is InChI=1S/C30H32N2O4/c1-34-24-11-7-22(8-12-24)20-32-21-28(26-5-3-4-6-29(26)32)27(23-9-13-25(35-2)14-10-23)19-30(33)31-15-17-36-18-16-31/h3-14,21,27H,15-20H2,1-2H3. The summed E-state index contributed by atoms with van der Waals surface area (Å²) in [6, 6.07) is 24.7. The average molecular weight is 485 g/mol. The van der Waals surface area contributed by atoms with Crippen LogP contribution in [0.3, 0.4) is 0 Å². The second-order valence-electron chi connectivity index (χ2n) is 9.10. The van der Waals surface area contributed by atoms with Crippen LogP contribution in [0.4, 0.5) is 0 Å². The second-order valence-corrected chi connectivity index (χ2v) is 9.10. The zero-order chi connectivity index (χ0) is 24.9. The van der Waals surface area contributed by atoms with Gasteiger partial charge in [-0.05, 0) is 47.0 Å². The van der Waals surface area contributed by atoms with Crippen molar-refractivity contribution < 1.29 is 19.0 Å². The van der Waals surface area contributed by atoms with E-state index in [4.69, 9.17) is 14.2 Å². The van der Waals surface area contributed by atoms with E-state index in [0.717, 1.165) is 34.7 Å². The molecule has 1 saturated heterocycles. The van der Waals surface area contributed by atoms with E-state index in [1.54, 1.807) is 14.2 Å². The topological polar surface area (TPSA) is 52.9 Å². The number of rotatable bonds is 8. The molecule has 1 fully saturated rings. The van der Waals surface area contributed by atoms with Crippen LogP contribution in [0.1, 0.15) is 29.0 Å². The van der Waals surface area contributed by atoms with Crippen molar-refractivity contribution in [2.24, 2.45) is 0 Å². The molecule has 186 valence electrons. The number of hydrogen-bond acceptors (Lipinski definition) is 4. The molecule has 0 bridgehead atoms. The van der Waals surface area contributed by atoms with Crippen molar-refractivity contribution in [3.05, 3.63) is 95.7 Å². The van der Waals surface area contributed by atoms with Gasteiger partial charge in [0.15, 0.2) is 0 Å². The van der Waals surface area contributed by atoms with Crippen LogP contribution in [0.15, 0.2) is 79.0 Å². The number of para-hydroxylation sites is 1. The van der Waals surface area contributed by atoms with Crippen LogP contribution < -0.4 is 9.47 Å². The third kappa shape index (κ3) is 5.09. The molecular weight excluding hydrogens is 452 g/mol. The Morgan fingerprint density at radius 3 is 2.19 bits per heavy atom. The highest BCUT2D eigenvalue weighted by molar-refractivity contribution is 5.87. The number of ether oxygens (including phenoxy) is 3. The molecule has 0 radical (unpaired) electrons. The predicted molar refractivity (Wildman–Crippen MR) is 141 cm³/mol. The SMILES string of the molecule is COc1ccc(Cn2cc(C(CC(=O)N3CCOCC3)c3ccc(OC)cc3)c3ccccc32)cc1. The highest BCUT2D eigenvalue weighted by Gasteiger charge is 2.26. The fourth-order valence-electron chi connectivity index (χ4n) is 4.97. The van der Waals surface area contributed by atoms with Gasteiger partial charge in [0.2, 0.25) is 5.91 Å². The number of fused-ring (bicyclic) bond motifs is 1. The zero-order valence-electron chi connectivity index (χ0n) is 20.9. The molecule has 36 heavy (non-hydrogen) atoms. The summed E-state index contributed by atoms with van der Waals surface area (Å²) in [6.45, 7) is 3.22. The third-order valence-corrected chi connectivity index (χ3v) is 6.97. The van der Waals surface area contributed by atoms with Crippen LogP contribution in [0, 0.1) is 0 Å². The maximum atomic E-state index is 13.4. The van der Waals surface area contributed by atoms with Crippen molar-refractivity contribution in [1.29, 1.82) is 0 Å². The molecule has 1 unspecified atom stereocenters. The van der Waals surface area contributed by atoms with E-state index in [0.29, 0.717) is 32.7 Å². The monoisotopic (exact) mass is 484 g/mol. The minimum Gasteiger partial charge on any atom is -0.497 e. The van der Waals surface area contributed by atoms with E-state index in [1.165, 1.54) is 10.9 Å². The van der Waals surface area contributed by atoms with Crippen molar-refractivity contribution in [2.75, 3.05) is 40.5 Å². The highest BCUT2D eigenvalue weighted by Crippen LogP contribution is 2.36. The second kappa shape index (κ2) is 10.9. The van der Waals surface area contributed by atoms with Gasteiger partial charge in [-0.2, -0.15) is 0 Å². The van der Waals surface area contributed by atoms with Crippen LogP contribution >= 0.6 is 0 Å². The van der Waals surface area contributed by atoms with Gasteiger partial charge in [0.25, 0.3) is 0 Å². The Balaban J connectivity index is 1.53. The Kier molecular flexibility index (Phi) is 7.23. The minimum atomic E-state index is -0.0757.